The number of halogens is 3. The zero-order valence-electron chi connectivity index (χ0n) is 9.64. The van der Waals surface area contributed by atoms with Gasteiger partial charge < -0.3 is 5.11 Å². The summed E-state index contributed by atoms with van der Waals surface area (Å²) in [4.78, 5) is 3.61. The minimum atomic E-state index is -3.97. The Morgan fingerprint density at radius 1 is 1.30 bits per heavy atom. The van der Waals surface area contributed by atoms with Gasteiger partial charge in [-0.15, -0.1) is 0 Å². The predicted octanol–water partition coefficient (Wildman–Crippen LogP) is 3.14. The van der Waals surface area contributed by atoms with Crippen LogP contribution in [-0.2, 0) is 10.0 Å². The molecular weight excluding hydrogens is 375 g/mol. The van der Waals surface area contributed by atoms with E-state index in [2.05, 4.69) is 25.6 Å². The second-order valence-electron chi connectivity index (χ2n) is 3.73. The number of nitrogens with one attached hydrogen (secondary N) is 1. The summed E-state index contributed by atoms with van der Waals surface area (Å²) in [6.07, 6.45) is 2.56. The lowest BCUT2D eigenvalue weighted by molar-refractivity contribution is 0.471. The lowest BCUT2D eigenvalue weighted by Crippen LogP contribution is -2.13. The van der Waals surface area contributed by atoms with Gasteiger partial charge in [0, 0.05) is 22.9 Å². The maximum absolute atomic E-state index is 13.1. The quantitative estimate of drug-likeness (QED) is 0.801. The molecule has 0 aliphatic rings. The van der Waals surface area contributed by atoms with Gasteiger partial charge in [-0.3, -0.25) is 9.71 Å². The Labute approximate surface area is 127 Å². The molecule has 0 bridgehead atoms. The van der Waals surface area contributed by atoms with Crippen molar-refractivity contribution in [2.45, 2.75) is 4.90 Å². The first-order chi connectivity index (χ1) is 9.29. The number of pyridine rings is 1. The van der Waals surface area contributed by atoms with Crippen LogP contribution in [0.2, 0.25) is 5.02 Å². The van der Waals surface area contributed by atoms with Gasteiger partial charge in [-0.25, -0.2) is 12.8 Å². The lowest BCUT2D eigenvalue weighted by Gasteiger charge is -2.10. The van der Waals surface area contributed by atoms with Crippen molar-refractivity contribution >= 4 is 43.2 Å². The van der Waals surface area contributed by atoms with Crippen LogP contribution in [0.4, 0.5) is 10.1 Å². The van der Waals surface area contributed by atoms with E-state index in [1.54, 1.807) is 0 Å². The zero-order chi connectivity index (χ0) is 14.9. The van der Waals surface area contributed by atoms with Gasteiger partial charge in [-0.2, -0.15) is 0 Å². The predicted molar refractivity (Wildman–Crippen MR) is 75.8 cm³/mol. The fourth-order valence-corrected chi connectivity index (χ4v) is 3.09. The van der Waals surface area contributed by atoms with Crippen molar-refractivity contribution in [3.63, 3.8) is 0 Å². The average Bonchev–Trinajstić information content (AvgIpc) is 2.36. The van der Waals surface area contributed by atoms with Gasteiger partial charge in [0.2, 0.25) is 0 Å². The molecule has 1 aromatic heterocycles. The van der Waals surface area contributed by atoms with Gasteiger partial charge in [-0.1, -0.05) is 11.6 Å². The Hall–Kier alpha value is -1.38. The van der Waals surface area contributed by atoms with Gasteiger partial charge in [0.1, 0.15) is 16.5 Å². The van der Waals surface area contributed by atoms with Gasteiger partial charge >= 0.3 is 0 Å². The molecule has 0 saturated carbocycles. The summed E-state index contributed by atoms with van der Waals surface area (Å²) in [5, 5.41) is 9.22. The number of hydrogen-bond acceptors (Lipinski definition) is 4. The van der Waals surface area contributed by atoms with Crippen LogP contribution < -0.4 is 4.72 Å². The van der Waals surface area contributed by atoms with Crippen LogP contribution >= 0.6 is 27.5 Å². The molecular formula is C11H7BrClFN2O3S. The summed E-state index contributed by atoms with van der Waals surface area (Å²) >= 11 is 8.65. The summed E-state index contributed by atoms with van der Waals surface area (Å²) in [7, 11) is -3.97. The third-order valence-electron chi connectivity index (χ3n) is 2.27. The van der Waals surface area contributed by atoms with Crippen molar-refractivity contribution < 1.29 is 17.9 Å². The minimum absolute atomic E-state index is 0.119. The first-order valence-corrected chi connectivity index (χ1v) is 7.76. The normalized spacial score (nSPS) is 11.3. The van der Waals surface area contributed by atoms with Gasteiger partial charge in [0.25, 0.3) is 10.0 Å². The van der Waals surface area contributed by atoms with Crippen LogP contribution in [0.25, 0.3) is 0 Å². The van der Waals surface area contributed by atoms with Crippen LogP contribution in [-0.4, -0.2) is 18.5 Å². The third-order valence-corrected chi connectivity index (χ3v) is 4.33. The molecule has 0 spiro atoms. The van der Waals surface area contributed by atoms with E-state index in [4.69, 9.17) is 11.6 Å². The van der Waals surface area contributed by atoms with Crippen LogP contribution in [0.3, 0.4) is 0 Å². The summed E-state index contributed by atoms with van der Waals surface area (Å²) in [6, 6.07) is 3.03. The molecule has 1 heterocycles. The monoisotopic (exact) mass is 380 g/mol. The van der Waals surface area contributed by atoms with Gasteiger partial charge in [-0.05, 0) is 28.1 Å². The van der Waals surface area contributed by atoms with Crippen LogP contribution in [0.15, 0.2) is 40.0 Å². The molecule has 106 valence electrons. The smallest absolute Gasteiger partial charge is 0.263 e. The molecule has 0 radical (unpaired) electrons. The van der Waals surface area contributed by atoms with Gasteiger partial charge in [0.05, 0.1) is 10.7 Å². The molecule has 0 aliphatic heterocycles. The molecule has 5 nitrogen and oxygen atoms in total. The summed E-state index contributed by atoms with van der Waals surface area (Å²) in [5.74, 6) is -1.42. The largest absolute Gasteiger partial charge is 0.506 e. The molecule has 0 fully saturated rings. The average molecular weight is 382 g/mol. The molecule has 0 amide bonds. The van der Waals surface area contributed by atoms with Gasteiger partial charge in [0.15, 0.2) is 0 Å². The number of aromatic hydroxyl groups is 1. The minimum Gasteiger partial charge on any atom is -0.506 e. The van der Waals surface area contributed by atoms with Crippen molar-refractivity contribution in [2.24, 2.45) is 0 Å². The van der Waals surface area contributed by atoms with E-state index >= 15 is 0 Å². The maximum Gasteiger partial charge on any atom is 0.263 e. The molecule has 0 unspecified atom stereocenters. The topological polar surface area (TPSA) is 79.3 Å². The molecule has 9 heteroatoms. The fraction of sp³-hybridized carbons (Fsp3) is 0. The van der Waals surface area contributed by atoms with Crippen LogP contribution in [0.1, 0.15) is 0 Å². The summed E-state index contributed by atoms with van der Waals surface area (Å²) in [5.41, 5.74) is -0.226. The molecule has 2 rings (SSSR count). The van der Waals surface area contributed by atoms with E-state index in [-0.39, 0.29) is 15.6 Å². The van der Waals surface area contributed by atoms with Crippen molar-refractivity contribution in [1.82, 2.24) is 4.98 Å². The second kappa shape index (κ2) is 5.55. The van der Waals surface area contributed by atoms with Crippen molar-refractivity contribution in [1.29, 1.82) is 0 Å². The Morgan fingerprint density at radius 3 is 2.65 bits per heavy atom. The van der Waals surface area contributed by atoms with E-state index in [1.807, 2.05) is 0 Å². The molecule has 0 saturated heterocycles. The first kappa shape index (κ1) is 15.0. The molecule has 0 atom stereocenters. The zero-order valence-corrected chi connectivity index (χ0v) is 12.8. The molecule has 2 N–H and O–H groups in total. The standard InChI is InChI=1S/C11H7BrClFN2O3S/c12-6-1-7(5-15-4-6)20(18,19)16-10-2-8(13)9(14)3-11(10)17/h1-5,16-17H. The number of anilines is 1. The molecule has 2 aromatic rings. The first-order valence-electron chi connectivity index (χ1n) is 5.11. The highest BCUT2D eigenvalue weighted by molar-refractivity contribution is 9.10. The highest BCUT2D eigenvalue weighted by Crippen LogP contribution is 2.31. The van der Waals surface area contributed by atoms with Crippen molar-refractivity contribution in [3.05, 3.63) is 45.9 Å². The highest BCUT2D eigenvalue weighted by atomic mass is 79.9. The lowest BCUT2D eigenvalue weighted by atomic mass is 10.3. The molecule has 1 aromatic carbocycles. The Balaban J connectivity index is 2.41. The summed E-state index contributed by atoms with van der Waals surface area (Å²) in [6.45, 7) is 0. The van der Waals surface area contributed by atoms with Crippen LogP contribution in [0, 0.1) is 5.82 Å². The second-order valence-corrected chi connectivity index (χ2v) is 6.73. The summed E-state index contributed by atoms with van der Waals surface area (Å²) < 4.78 is 39.8. The van der Waals surface area contributed by atoms with Crippen molar-refractivity contribution in [2.75, 3.05) is 4.72 Å². The number of aromatic nitrogens is 1. The van der Waals surface area contributed by atoms with E-state index in [0.29, 0.717) is 4.47 Å². The number of phenols is 1. The number of rotatable bonds is 3. The number of phenolic OH excluding ortho intramolecular Hbond substituents is 1. The Kier molecular flexibility index (Phi) is 4.17. The van der Waals surface area contributed by atoms with E-state index < -0.39 is 21.6 Å². The Morgan fingerprint density at radius 2 is 2.00 bits per heavy atom. The molecule has 20 heavy (non-hydrogen) atoms. The third kappa shape index (κ3) is 3.20. The number of benzene rings is 1. The van der Waals surface area contributed by atoms with Crippen LogP contribution in [0.5, 0.6) is 5.75 Å². The Bertz CT molecular complexity index is 770. The SMILES string of the molecule is O=S(=O)(Nc1cc(Cl)c(F)cc1O)c1cncc(Br)c1. The highest BCUT2D eigenvalue weighted by Gasteiger charge is 2.18. The number of nitrogens with zero attached hydrogens (tertiary/aromatic N) is 1. The number of hydrogen-bond donors (Lipinski definition) is 2. The molecule has 0 aliphatic carbocycles. The number of sulfonamides is 1. The van der Waals surface area contributed by atoms with E-state index in [0.717, 1.165) is 18.3 Å². The van der Waals surface area contributed by atoms with E-state index in [1.165, 1.54) is 12.3 Å². The fourth-order valence-electron chi connectivity index (χ4n) is 1.36. The van der Waals surface area contributed by atoms with Crippen molar-refractivity contribution in [3.8, 4) is 5.75 Å². The van der Waals surface area contributed by atoms with E-state index in [9.17, 15) is 17.9 Å². The maximum atomic E-state index is 13.1.